The maximum Gasteiger partial charge on any atom is 0.408 e. The average Bonchev–Trinajstić information content (AvgIpc) is 3.99. The molecule has 16 heteroatoms. The van der Waals surface area contributed by atoms with E-state index in [9.17, 15) is 27.6 Å². The number of alkyl carbamates (subject to hydrolysis) is 1. The highest BCUT2D eigenvalue weighted by molar-refractivity contribution is 7.91. The number of benzene rings is 1. The summed E-state index contributed by atoms with van der Waals surface area (Å²) < 4.78 is 45.3. The highest BCUT2D eigenvalue weighted by Gasteiger charge is 2.63. The van der Waals surface area contributed by atoms with Crippen molar-refractivity contribution in [2.24, 2.45) is 17.8 Å². The van der Waals surface area contributed by atoms with Crippen molar-refractivity contribution in [1.29, 1.82) is 0 Å². The number of ether oxygens (including phenoxy) is 3. The zero-order valence-electron chi connectivity index (χ0n) is 32.7. The second kappa shape index (κ2) is 15.2. The quantitative estimate of drug-likeness (QED) is 0.326. The van der Waals surface area contributed by atoms with E-state index in [4.69, 9.17) is 14.2 Å². The van der Waals surface area contributed by atoms with E-state index in [2.05, 4.69) is 32.5 Å². The molecule has 0 unspecified atom stereocenters. The van der Waals surface area contributed by atoms with Crippen LogP contribution in [0.2, 0.25) is 0 Å². The smallest absolute Gasteiger partial charge is 0.408 e. The van der Waals surface area contributed by atoms with Crippen LogP contribution >= 0.6 is 0 Å². The first-order chi connectivity index (χ1) is 25.9. The number of sulfonamides is 1. The van der Waals surface area contributed by atoms with Gasteiger partial charge >= 0.3 is 6.09 Å². The summed E-state index contributed by atoms with van der Waals surface area (Å²) in [5.74, 6) is -2.10. The summed E-state index contributed by atoms with van der Waals surface area (Å²) in [6, 6.07) is 5.11. The number of nitrogens with one attached hydrogen (secondary N) is 3. The molecule has 1 aromatic heterocycles. The lowest BCUT2D eigenvalue weighted by Gasteiger charge is -2.33. The molecule has 1 saturated heterocycles. The van der Waals surface area contributed by atoms with Gasteiger partial charge in [-0.25, -0.2) is 13.2 Å². The fraction of sp³-hybridized carbons (Fsp3) is 0.641. The van der Waals surface area contributed by atoms with Gasteiger partial charge in [0.1, 0.15) is 29.3 Å². The van der Waals surface area contributed by atoms with Gasteiger partial charge in [0.05, 0.1) is 28.7 Å². The summed E-state index contributed by atoms with van der Waals surface area (Å²) in [4.78, 5) is 57.8. The molecule has 300 valence electrons. The van der Waals surface area contributed by atoms with Crippen LogP contribution in [0.15, 0.2) is 36.4 Å². The molecule has 0 spiro atoms. The molecule has 15 nitrogen and oxygen atoms in total. The van der Waals surface area contributed by atoms with Crippen LogP contribution in [0.25, 0.3) is 10.8 Å². The number of aromatic nitrogens is 2. The first kappa shape index (κ1) is 40.2. The molecule has 55 heavy (non-hydrogen) atoms. The monoisotopic (exact) mass is 782 g/mol. The van der Waals surface area contributed by atoms with E-state index in [1.165, 1.54) is 4.90 Å². The van der Waals surface area contributed by atoms with Crippen molar-refractivity contribution in [1.82, 2.24) is 30.5 Å². The van der Waals surface area contributed by atoms with Gasteiger partial charge < -0.3 is 29.7 Å². The molecule has 2 aromatic rings. The molecule has 1 aromatic carbocycles. The van der Waals surface area contributed by atoms with Gasteiger partial charge in [0.25, 0.3) is 5.91 Å². The number of hydrogen-bond donors (Lipinski definition) is 3. The van der Waals surface area contributed by atoms with Crippen LogP contribution in [0.1, 0.15) is 93.4 Å². The second-order valence-corrected chi connectivity index (χ2v) is 19.1. The first-order valence-corrected chi connectivity index (χ1v) is 20.7. The number of rotatable bonds is 8. The van der Waals surface area contributed by atoms with Gasteiger partial charge in [0.15, 0.2) is 0 Å². The van der Waals surface area contributed by atoms with Crippen LogP contribution in [0, 0.1) is 17.8 Å². The Kier molecular flexibility index (Phi) is 11.1. The van der Waals surface area contributed by atoms with E-state index in [1.807, 2.05) is 50.3 Å². The van der Waals surface area contributed by atoms with Gasteiger partial charge in [-0.05, 0) is 97.1 Å². The largest absolute Gasteiger partial charge is 0.476 e. The molecular formula is C39H54N6O9S. The number of hydrogen-bond acceptors (Lipinski definition) is 11. The third-order valence-corrected chi connectivity index (χ3v) is 13.3. The molecule has 2 aliphatic heterocycles. The van der Waals surface area contributed by atoms with Crippen LogP contribution in [-0.4, -0.2) is 94.6 Å². The summed E-state index contributed by atoms with van der Waals surface area (Å²) in [7, 11) is -4.00. The molecule has 3 fully saturated rings. The van der Waals surface area contributed by atoms with E-state index in [-0.39, 0.29) is 37.1 Å². The molecule has 2 aliphatic carbocycles. The first-order valence-electron chi connectivity index (χ1n) is 19.3. The Balaban J connectivity index is 1.35. The molecule has 4 amide bonds. The molecule has 4 aliphatic rings. The van der Waals surface area contributed by atoms with Crippen molar-refractivity contribution in [2.75, 3.05) is 13.2 Å². The Hall–Kier alpha value is -4.47. The van der Waals surface area contributed by atoms with Crippen molar-refractivity contribution in [3.63, 3.8) is 0 Å². The van der Waals surface area contributed by atoms with Crippen LogP contribution in [0.5, 0.6) is 11.8 Å². The van der Waals surface area contributed by atoms with Crippen LogP contribution in [-0.2, 0) is 29.1 Å². The molecule has 3 heterocycles. The molecule has 7 atom stereocenters. The predicted molar refractivity (Wildman–Crippen MR) is 203 cm³/mol. The third-order valence-electron chi connectivity index (χ3n) is 11.1. The van der Waals surface area contributed by atoms with Crippen molar-refractivity contribution in [3.8, 4) is 11.8 Å². The van der Waals surface area contributed by atoms with E-state index in [0.29, 0.717) is 48.9 Å². The lowest BCUT2D eigenvalue weighted by atomic mass is 9.88. The molecule has 3 N–H and O–H groups in total. The molecule has 6 rings (SSSR count). The van der Waals surface area contributed by atoms with E-state index in [1.54, 1.807) is 27.7 Å². The predicted octanol–water partition coefficient (Wildman–Crippen LogP) is 4.16. The van der Waals surface area contributed by atoms with E-state index >= 15 is 0 Å². The van der Waals surface area contributed by atoms with Crippen LogP contribution < -0.4 is 24.8 Å². The van der Waals surface area contributed by atoms with Crippen molar-refractivity contribution in [3.05, 3.63) is 36.4 Å². The maximum atomic E-state index is 14.8. The number of allylic oxidation sites excluding steroid dienone is 1. The van der Waals surface area contributed by atoms with Crippen LogP contribution in [0.3, 0.4) is 0 Å². The fourth-order valence-electron chi connectivity index (χ4n) is 7.57. The highest BCUT2D eigenvalue weighted by atomic mass is 32.2. The Morgan fingerprint density at radius 1 is 1.05 bits per heavy atom. The van der Waals surface area contributed by atoms with Gasteiger partial charge in [0, 0.05) is 12.3 Å². The number of amides is 4. The number of nitrogens with zero attached hydrogens (tertiary/aromatic N) is 3. The molecule has 2 saturated carbocycles. The summed E-state index contributed by atoms with van der Waals surface area (Å²) in [5.41, 5.74) is -2.37. The van der Waals surface area contributed by atoms with Gasteiger partial charge in [0.2, 0.25) is 33.6 Å². The van der Waals surface area contributed by atoms with Crippen molar-refractivity contribution < 1.29 is 41.8 Å². The topological polar surface area (TPSA) is 195 Å². The lowest BCUT2D eigenvalue weighted by molar-refractivity contribution is -0.142. The summed E-state index contributed by atoms with van der Waals surface area (Å²) in [6.45, 7) is 12.9. The second-order valence-electron chi connectivity index (χ2n) is 16.9. The number of fused-ring (bicyclic) bond motifs is 3. The van der Waals surface area contributed by atoms with Gasteiger partial charge in [-0.3, -0.25) is 19.1 Å². The van der Waals surface area contributed by atoms with E-state index in [0.717, 1.165) is 6.42 Å². The molecular weight excluding hydrogens is 729 g/mol. The molecule has 0 bridgehead atoms. The Bertz CT molecular complexity index is 1960. The average molecular weight is 783 g/mol. The lowest BCUT2D eigenvalue weighted by Crippen LogP contribution is -2.59. The van der Waals surface area contributed by atoms with Crippen molar-refractivity contribution >= 4 is 44.6 Å². The van der Waals surface area contributed by atoms with Crippen molar-refractivity contribution in [2.45, 2.75) is 127 Å². The van der Waals surface area contributed by atoms with Gasteiger partial charge in [-0.1, -0.05) is 38.1 Å². The SMILES string of the molecule is CCOc1nnc(O[C@@H]2C[C@H]3C(=O)N[C@]4(C(=O)NS(=O)(=O)C5(C)CC5)C[C@H]4/C=C\CC[C@@H](C)C[C@@H](C)[C@H](NC(=O)OC(C)(C)C)C(=O)N3C2)c2ccccc12. The minimum absolute atomic E-state index is 0.0132. The van der Waals surface area contributed by atoms with E-state index < -0.39 is 73.8 Å². The van der Waals surface area contributed by atoms with Crippen LogP contribution in [0.4, 0.5) is 4.79 Å². The summed E-state index contributed by atoms with van der Waals surface area (Å²) in [6.07, 6.45) is 5.40. The Labute approximate surface area is 322 Å². The van der Waals surface area contributed by atoms with Gasteiger partial charge in [-0.2, -0.15) is 0 Å². The zero-order valence-corrected chi connectivity index (χ0v) is 33.5. The molecule has 0 radical (unpaired) electrons. The Morgan fingerprint density at radius 3 is 2.38 bits per heavy atom. The minimum atomic E-state index is -4.00. The fourth-order valence-corrected chi connectivity index (χ4v) is 8.89. The number of carbonyl (C=O) groups is 4. The standard InChI is InChI=1S/C39H54N6O9S/c1-8-52-32-27-15-11-12-16-28(27)33(43-42-32)53-26-20-29-31(46)41-39(35(48)44-55(50,51)38(7)17-18-38)21-25(39)14-10-9-13-23(2)19-24(3)30(34(47)45(29)22-26)40-36(49)54-37(4,5)6/h10-12,14-16,23-26,29-30H,8-9,13,17-22H2,1-7H3,(H,40,49)(H,41,46)(H,44,48)/b14-10-/t23-,24-,25-,26-,29+,30+,39-/m1/s1. The third kappa shape index (κ3) is 8.68. The Morgan fingerprint density at radius 2 is 1.73 bits per heavy atom. The summed E-state index contributed by atoms with van der Waals surface area (Å²) >= 11 is 0. The minimum Gasteiger partial charge on any atom is -0.476 e. The normalized spacial score (nSPS) is 30.1. The van der Waals surface area contributed by atoms with Gasteiger partial charge in [-0.15, -0.1) is 10.2 Å². The number of carbonyl (C=O) groups excluding carboxylic acids is 4. The summed E-state index contributed by atoms with van der Waals surface area (Å²) in [5, 5.41) is 15.5. The highest BCUT2D eigenvalue weighted by Crippen LogP contribution is 2.47. The maximum absolute atomic E-state index is 14.8. The zero-order chi connectivity index (χ0) is 39.9.